The Morgan fingerprint density at radius 1 is 1.30 bits per heavy atom. The molecule has 20 heavy (non-hydrogen) atoms. The average Bonchev–Trinajstić information content (AvgIpc) is 2.92. The second-order valence-corrected chi connectivity index (χ2v) is 5.29. The predicted octanol–water partition coefficient (Wildman–Crippen LogP) is 2.30. The van der Waals surface area contributed by atoms with Gasteiger partial charge in [-0.1, -0.05) is 12.8 Å². The first-order valence-corrected chi connectivity index (χ1v) is 7.55. The first-order chi connectivity index (χ1) is 9.63. The van der Waals surface area contributed by atoms with Gasteiger partial charge >= 0.3 is 0 Å². The fourth-order valence-corrected chi connectivity index (χ4v) is 2.71. The molecule has 0 unspecified atom stereocenters. The molecule has 0 aliphatic heterocycles. The molecule has 1 heterocycles. The minimum absolute atomic E-state index is 0.0733. The Hall–Kier alpha value is -1.65. The van der Waals surface area contributed by atoms with Crippen molar-refractivity contribution in [3.05, 3.63) is 17.6 Å². The van der Waals surface area contributed by atoms with Crippen LogP contribution < -0.4 is 10.2 Å². The highest BCUT2D eigenvalue weighted by Crippen LogP contribution is 2.18. The maximum Gasteiger partial charge on any atom is 0.270 e. The van der Waals surface area contributed by atoms with Gasteiger partial charge in [-0.05, 0) is 33.6 Å². The number of aryl methyl sites for hydroxylation is 1. The first kappa shape index (κ1) is 14.8. The van der Waals surface area contributed by atoms with Crippen LogP contribution in [0.5, 0.6) is 0 Å². The van der Waals surface area contributed by atoms with Crippen molar-refractivity contribution in [2.75, 3.05) is 18.0 Å². The van der Waals surface area contributed by atoms with E-state index in [1.54, 1.807) is 6.07 Å². The predicted molar refractivity (Wildman–Crippen MR) is 80.1 cm³/mol. The highest BCUT2D eigenvalue weighted by atomic mass is 16.1. The molecule has 0 bridgehead atoms. The molecule has 2 rings (SSSR count). The van der Waals surface area contributed by atoms with Gasteiger partial charge < -0.3 is 10.2 Å². The van der Waals surface area contributed by atoms with Crippen LogP contribution >= 0.6 is 0 Å². The number of hydrogen-bond donors (Lipinski definition) is 1. The average molecular weight is 276 g/mol. The van der Waals surface area contributed by atoms with E-state index < -0.39 is 0 Å². The van der Waals surface area contributed by atoms with Gasteiger partial charge in [-0.3, -0.25) is 4.79 Å². The standard InChI is InChI=1S/C15H24N4O/c1-4-19(5-2)14-10-13(16-11(3)17-14)15(20)18-12-8-6-7-9-12/h10,12H,4-9H2,1-3H3,(H,18,20). The molecule has 1 N–H and O–H groups in total. The fraction of sp³-hybridized carbons (Fsp3) is 0.667. The van der Waals surface area contributed by atoms with Crippen LogP contribution in [0.15, 0.2) is 6.07 Å². The van der Waals surface area contributed by atoms with Crippen molar-refractivity contribution in [2.45, 2.75) is 52.5 Å². The van der Waals surface area contributed by atoms with E-state index in [0.717, 1.165) is 31.7 Å². The first-order valence-electron chi connectivity index (χ1n) is 7.55. The Balaban J connectivity index is 2.15. The maximum atomic E-state index is 12.3. The Morgan fingerprint density at radius 3 is 2.55 bits per heavy atom. The molecule has 0 aromatic carbocycles. The van der Waals surface area contributed by atoms with Crippen LogP contribution in [-0.4, -0.2) is 35.0 Å². The Bertz CT molecular complexity index is 465. The Labute approximate surface area is 120 Å². The third-order valence-corrected chi connectivity index (χ3v) is 3.83. The molecule has 5 heteroatoms. The minimum atomic E-state index is -0.0733. The number of carbonyl (C=O) groups excluding carboxylic acids is 1. The van der Waals surface area contributed by atoms with E-state index in [2.05, 4.69) is 34.0 Å². The lowest BCUT2D eigenvalue weighted by molar-refractivity contribution is 0.0932. The quantitative estimate of drug-likeness (QED) is 0.896. The SMILES string of the molecule is CCN(CC)c1cc(C(=O)NC2CCCC2)nc(C)n1. The lowest BCUT2D eigenvalue weighted by Gasteiger charge is -2.20. The molecule has 110 valence electrons. The van der Waals surface area contributed by atoms with Crippen LogP contribution in [0, 0.1) is 6.92 Å². The zero-order valence-corrected chi connectivity index (χ0v) is 12.6. The summed E-state index contributed by atoms with van der Waals surface area (Å²) >= 11 is 0. The summed E-state index contributed by atoms with van der Waals surface area (Å²) in [6.07, 6.45) is 4.58. The zero-order valence-electron chi connectivity index (χ0n) is 12.6. The Kier molecular flexibility index (Phi) is 4.93. The van der Waals surface area contributed by atoms with E-state index in [1.807, 2.05) is 6.92 Å². The van der Waals surface area contributed by atoms with E-state index in [9.17, 15) is 4.79 Å². The van der Waals surface area contributed by atoms with E-state index in [-0.39, 0.29) is 5.91 Å². The van der Waals surface area contributed by atoms with Crippen LogP contribution in [0.3, 0.4) is 0 Å². The third-order valence-electron chi connectivity index (χ3n) is 3.83. The number of amides is 1. The second kappa shape index (κ2) is 6.68. The van der Waals surface area contributed by atoms with Gasteiger partial charge in [0.25, 0.3) is 5.91 Å². The van der Waals surface area contributed by atoms with Crippen molar-refractivity contribution in [3.8, 4) is 0 Å². The summed E-state index contributed by atoms with van der Waals surface area (Å²) in [5.41, 5.74) is 0.478. The van der Waals surface area contributed by atoms with E-state index in [1.165, 1.54) is 12.8 Å². The summed E-state index contributed by atoms with van der Waals surface area (Å²) in [4.78, 5) is 23.1. The molecular weight excluding hydrogens is 252 g/mol. The number of nitrogens with one attached hydrogen (secondary N) is 1. The molecule has 1 aliphatic carbocycles. The molecule has 0 saturated heterocycles. The number of nitrogens with zero attached hydrogens (tertiary/aromatic N) is 3. The van der Waals surface area contributed by atoms with Gasteiger partial charge in [0.1, 0.15) is 17.3 Å². The molecule has 1 amide bonds. The lowest BCUT2D eigenvalue weighted by atomic mass is 10.2. The summed E-state index contributed by atoms with van der Waals surface area (Å²) in [5, 5.41) is 3.08. The number of carbonyl (C=O) groups is 1. The minimum Gasteiger partial charge on any atom is -0.357 e. The van der Waals surface area contributed by atoms with Gasteiger partial charge in [-0.2, -0.15) is 0 Å². The van der Waals surface area contributed by atoms with Gasteiger partial charge in [0.2, 0.25) is 0 Å². The van der Waals surface area contributed by atoms with Gasteiger partial charge in [-0.15, -0.1) is 0 Å². The monoisotopic (exact) mass is 276 g/mol. The zero-order chi connectivity index (χ0) is 14.5. The molecule has 1 aromatic heterocycles. The summed E-state index contributed by atoms with van der Waals surface area (Å²) in [6.45, 7) is 7.74. The fourth-order valence-electron chi connectivity index (χ4n) is 2.71. The van der Waals surface area contributed by atoms with Gasteiger partial charge in [0, 0.05) is 25.2 Å². The molecule has 1 saturated carbocycles. The van der Waals surface area contributed by atoms with Crippen LogP contribution in [0.1, 0.15) is 55.8 Å². The molecular formula is C15H24N4O. The van der Waals surface area contributed by atoms with Crippen molar-refractivity contribution in [1.82, 2.24) is 15.3 Å². The smallest absolute Gasteiger partial charge is 0.270 e. The van der Waals surface area contributed by atoms with E-state index in [4.69, 9.17) is 0 Å². The summed E-state index contributed by atoms with van der Waals surface area (Å²) in [6, 6.07) is 2.11. The highest BCUT2D eigenvalue weighted by Gasteiger charge is 2.19. The topological polar surface area (TPSA) is 58.1 Å². The molecule has 0 spiro atoms. The van der Waals surface area contributed by atoms with Crippen LogP contribution in [0.25, 0.3) is 0 Å². The van der Waals surface area contributed by atoms with Crippen molar-refractivity contribution >= 4 is 11.7 Å². The number of hydrogen-bond acceptors (Lipinski definition) is 4. The Morgan fingerprint density at radius 2 is 1.95 bits per heavy atom. The molecule has 1 aliphatic rings. The summed E-state index contributed by atoms with van der Waals surface area (Å²) in [7, 11) is 0. The van der Waals surface area contributed by atoms with Gasteiger partial charge in [0.15, 0.2) is 0 Å². The molecule has 1 aromatic rings. The van der Waals surface area contributed by atoms with Gasteiger partial charge in [0.05, 0.1) is 0 Å². The van der Waals surface area contributed by atoms with Crippen molar-refractivity contribution in [1.29, 1.82) is 0 Å². The number of rotatable bonds is 5. The van der Waals surface area contributed by atoms with E-state index in [0.29, 0.717) is 17.6 Å². The summed E-state index contributed by atoms with van der Waals surface area (Å²) in [5.74, 6) is 1.40. The second-order valence-electron chi connectivity index (χ2n) is 5.29. The molecule has 0 atom stereocenters. The third kappa shape index (κ3) is 3.46. The van der Waals surface area contributed by atoms with Gasteiger partial charge in [-0.25, -0.2) is 9.97 Å². The summed E-state index contributed by atoms with van der Waals surface area (Å²) < 4.78 is 0. The van der Waals surface area contributed by atoms with Crippen molar-refractivity contribution in [3.63, 3.8) is 0 Å². The van der Waals surface area contributed by atoms with Crippen molar-refractivity contribution in [2.24, 2.45) is 0 Å². The van der Waals surface area contributed by atoms with Crippen molar-refractivity contribution < 1.29 is 4.79 Å². The molecule has 1 fully saturated rings. The number of aromatic nitrogens is 2. The molecule has 5 nitrogen and oxygen atoms in total. The van der Waals surface area contributed by atoms with Crippen LogP contribution in [0.4, 0.5) is 5.82 Å². The van der Waals surface area contributed by atoms with Crippen LogP contribution in [0.2, 0.25) is 0 Å². The highest BCUT2D eigenvalue weighted by molar-refractivity contribution is 5.93. The van der Waals surface area contributed by atoms with Crippen LogP contribution in [-0.2, 0) is 0 Å². The van der Waals surface area contributed by atoms with E-state index >= 15 is 0 Å². The maximum absolute atomic E-state index is 12.3. The largest absolute Gasteiger partial charge is 0.357 e. The number of anilines is 1. The lowest BCUT2D eigenvalue weighted by Crippen LogP contribution is -2.33. The normalized spacial score (nSPS) is 15.3. The molecule has 0 radical (unpaired) electrons.